The van der Waals surface area contributed by atoms with Gasteiger partial charge >= 0.3 is 0 Å². The standard InChI is InChI=1S/C27H28Cl2FN3O5S/c1-4-38-23-11-9-22(10-12-23)33(39(36,37)24-13-7-21(30)8-14-24)17-26(34)32(18(2)27(35)31-3)16-19-5-6-20(28)15-25(19)29/h5-15,18H,4,16-17H2,1-3H3,(H,31,35)/t18-/m0/s1. The van der Waals surface area contributed by atoms with Gasteiger partial charge in [-0.05, 0) is 80.1 Å². The number of benzene rings is 3. The molecule has 0 aliphatic rings. The lowest BCUT2D eigenvalue weighted by Gasteiger charge is -2.32. The van der Waals surface area contributed by atoms with E-state index in [4.69, 9.17) is 27.9 Å². The summed E-state index contributed by atoms with van der Waals surface area (Å²) >= 11 is 12.3. The fourth-order valence-electron chi connectivity index (χ4n) is 3.76. The highest BCUT2D eigenvalue weighted by molar-refractivity contribution is 7.92. The molecular formula is C27H28Cl2FN3O5S. The minimum Gasteiger partial charge on any atom is -0.494 e. The number of anilines is 1. The highest BCUT2D eigenvalue weighted by Crippen LogP contribution is 2.28. The monoisotopic (exact) mass is 595 g/mol. The van der Waals surface area contributed by atoms with Crippen LogP contribution in [-0.4, -0.2) is 51.4 Å². The molecule has 0 aliphatic carbocycles. The molecule has 0 radical (unpaired) electrons. The number of hydrogen-bond acceptors (Lipinski definition) is 5. The van der Waals surface area contributed by atoms with Crippen molar-refractivity contribution in [2.24, 2.45) is 0 Å². The second-order valence-electron chi connectivity index (χ2n) is 8.44. The maximum atomic E-state index is 13.8. The van der Waals surface area contributed by atoms with Gasteiger partial charge in [-0.15, -0.1) is 0 Å². The highest BCUT2D eigenvalue weighted by atomic mass is 35.5. The SMILES string of the molecule is CCOc1ccc(N(CC(=O)N(Cc2ccc(Cl)cc2Cl)[C@@H](C)C(=O)NC)S(=O)(=O)c2ccc(F)cc2)cc1. The molecule has 0 spiro atoms. The molecule has 1 atom stereocenters. The molecule has 0 saturated carbocycles. The molecule has 3 aromatic rings. The van der Waals surface area contributed by atoms with Gasteiger partial charge in [-0.2, -0.15) is 0 Å². The Hall–Kier alpha value is -3.34. The van der Waals surface area contributed by atoms with E-state index >= 15 is 0 Å². The normalized spacial score (nSPS) is 11.9. The number of nitrogens with one attached hydrogen (secondary N) is 1. The minimum absolute atomic E-state index is 0.0862. The van der Waals surface area contributed by atoms with Crippen molar-refractivity contribution in [1.29, 1.82) is 0 Å². The van der Waals surface area contributed by atoms with E-state index in [1.807, 2.05) is 6.92 Å². The van der Waals surface area contributed by atoms with Gasteiger partial charge in [0.15, 0.2) is 0 Å². The van der Waals surface area contributed by atoms with Crippen molar-refractivity contribution in [3.05, 3.63) is 88.2 Å². The summed E-state index contributed by atoms with van der Waals surface area (Å²) < 4.78 is 47.3. The van der Waals surface area contributed by atoms with E-state index in [1.54, 1.807) is 24.3 Å². The third-order valence-electron chi connectivity index (χ3n) is 5.89. The van der Waals surface area contributed by atoms with Crippen molar-refractivity contribution in [3.8, 4) is 5.75 Å². The Labute approximate surface area is 237 Å². The van der Waals surface area contributed by atoms with E-state index in [-0.39, 0.29) is 22.2 Å². The molecule has 12 heteroatoms. The number of halogens is 3. The van der Waals surface area contributed by atoms with E-state index in [0.29, 0.717) is 22.9 Å². The molecule has 0 bridgehead atoms. The van der Waals surface area contributed by atoms with Gasteiger partial charge in [-0.1, -0.05) is 29.3 Å². The first kappa shape index (κ1) is 30.2. The topological polar surface area (TPSA) is 96.0 Å². The van der Waals surface area contributed by atoms with Gasteiger partial charge in [0.2, 0.25) is 11.8 Å². The van der Waals surface area contributed by atoms with Gasteiger partial charge in [0.25, 0.3) is 10.0 Å². The van der Waals surface area contributed by atoms with Gasteiger partial charge in [-0.25, -0.2) is 12.8 Å². The maximum Gasteiger partial charge on any atom is 0.264 e. The van der Waals surface area contributed by atoms with Crippen LogP contribution in [0.1, 0.15) is 19.4 Å². The van der Waals surface area contributed by atoms with Gasteiger partial charge in [0, 0.05) is 23.6 Å². The number of hydrogen-bond donors (Lipinski definition) is 1. The Morgan fingerprint density at radius 3 is 2.23 bits per heavy atom. The molecule has 39 heavy (non-hydrogen) atoms. The second kappa shape index (κ2) is 13.1. The largest absolute Gasteiger partial charge is 0.494 e. The second-order valence-corrected chi connectivity index (χ2v) is 11.1. The lowest BCUT2D eigenvalue weighted by atomic mass is 10.1. The van der Waals surface area contributed by atoms with E-state index < -0.39 is 40.2 Å². The summed E-state index contributed by atoms with van der Waals surface area (Å²) in [5.41, 5.74) is 0.687. The van der Waals surface area contributed by atoms with E-state index in [1.165, 1.54) is 37.1 Å². The number of likely N-dealkylation sites (N-methyl/N-ethyl adjacent to an activating group) is 1. The summed E-state index contributed by atoms with van der Waals surface area (Å²) in [4.78, 5) is 27.3. The van der Waals surface area contributed by atoms with Crippen LogP contribution in [0.3, 0.4) is 0 Å². The fourth-order valence-corrected chi connectivity index (χ4v) is 5.65. The van der Waals surface area contributed by atoms with E-state index in [0.717, 1.165) is 28.6 Å². The zero-order chi connectivity index (χ0) is 28.7. The summed E-state index contributed by atoms with van der Waals surface area (Å²) in [6.07, 6.45) is 0. The van der Waals surface area contributed by atoms with Gasteiger partial charge in [0.05, 0.1) is 17.2 Å². The van der Waals surface area contributed by atoms with Crippen LogP contribution in [0, 0.1) is 5.82 Å². The zero-order valence-electron chi connectivity index (χ0n) is 21.5. The zero-order valence-corrected chi connectivity index (χ0v) is 23.9. The van der Waals surface area contributed by atoms with Crippen LogP contribution in [0.4, 0.5) is 10.1 Å². The number of rotatable bonds is 11. The van der Waals surface area contributed by atoms with Crippen molar-refractivity contribution < 1.29 is 27.1 Å². The van der Waals surface area contributed by atoms with Crippen LogP contribution in [-0.2, 0) is 26.2 Å². The van der Waals surface area contributed by atoms with E-state index in [9.17, 15) is 22.4 Å². The van der Waals surface area contributed by atoms with Crippen molar-refractivity contribution >= 4 is 50.7 Å². The van der Waals surface area contributed by atoms with Gasteiger partial charge in [0.1, 0.15) is 24.2 Å². The fraction of sp³-hybridized carbons (Fsp3) is 0.259. The number of ether oxygens (including phenoxy) is 1. The molecule has 3 aromatic carbocycles. The number of carbonyl (C=O) groups is 2. The molecule has 1 N–H and O–H groups in total. The third-order valence-corrected chi connectivity index (χ3v) is 8.26. The summed E-state index contributed by atoms with van der Waals surface area (Å²) in [6.45, 7) is 3.01. The predicted octanol–water partition coefficient (Wildman–Crippen LogP) is 4.89. The van der Waals surface area contributed by atoms with Crippen LogP contribution >= 0.6 is 23.2 Å². The third kappa shape index (κ3) is 7.40. The van der Waals surface area contributed by atoms with E-state index in [2.05, 4.69) is 5.32 Å². The molecule has 0 saturated heterocycles. The summed E-state index contributed by atoms with van der Waals surface area (Å²) in [5.74, 6) is -1.22. The van der Waals surface area contributed by atoms with Crippen molar-refractivity contribution in [3.63, 3.8) is 0 Å². The first-order valence-corrected chi connectivity index (χ1v) is 14.1. The van der Waals surface area contributed by atoms with Crippen LogP contribution in [0.25, 0.3) is 0 Å². The predicted molar refractivity (Wildman–Crippen MR) is 149 cm³/mol. The molecule has 8 nitrogen and oxygen atoms in total. The number of amides is 2. The summed E-state index contributed by atoms with van der Waals surface area (Å²) in [7, 11) is -2.90. The summed E-state index contributed by atoms with van der Waals surface area (Å²) in [6, 6.07) is 14.2. The Balaban J connectivity index is 2.04. The lowest BCUT2D eigenvalue weighted by molar-refractivity contribution is -0.139. The average Bonchev–Trinajstić information content (AvgIpc) is 2.91. The Bertz CT molecular complexity index is 1420. The van der Waals surface area contributed by atoms with Crippen molar-refractivity contribution in [2.45, 2.75) is 31.3 Å². The van der Waals surface area contributed by atoms with Gasteiger partial charge < -0.3 is 15.0 Å². The molecule has 0 aliphatic heterocycles. The molecular weight excluding hydrogens is 568 g/mol. The highest BCUT2D eigenvalue weighted by Gasteiger charge is 2.32. The summed E-state index contributed by atoms with van der Waals surface area (Å²) in [5, 5.41) is 3.19. The van der Waals surface area contributed by atoms with Gasteiger partial charge in [-0.3, -0.25) is 13.9 Å². The lowest BCUT2D eigenvalue weighted by Crippen LogP contribution is -2.50. The average molecular weight is 597 g/mol. The van der Waals surface area contributed by atoms with Crippen LogP contribution in [0.15, 0.2) is 71.6 Å². The quantitative estimate of drug-likeness (QED) is 0.340. The first-order chi connectivity index (χ1) is 18.5. The van der Waals surface area contributed by atoms with Crippen LogP contribution in [0.2, 0.25) is 10.0 Å². The molecule has 3 rings (SSSR count). The molecule has 0 heterocycles. The van der Waals surface area contributed by atoms with Crippen molar-refractivity contribution in [2.75, 3.05) is 24.5 Å². The molecule has 0 unspecified atom stereocenters. The number of carbonyl (C=O) groups excluding carboxylic acids is 2. The van der Waals surface area contributed by atoms with Crippen molar-refractivity contribution in [1.82, 2.24) is 10.2 Å². The Morgan fingerprint density at radius 2 is 1.67 bits per heavy atom. The Kier molecular flexibility index (Phi) is 10.2. The first-order valence-electron chi connectivity index (χ1n) is 11.9. The smallest absolute Gasteiger partial charge is 0.264 e. The molecule has 2 amide bonds. The van der Waals surface area contributed by atoms with Crippen LogP contribution < -0.4 is 14.4 Å². The number of sulfonamides is 1. The molecule has 208 valence electrons. The molecule has 0 fully saturated rings. The number of nitrogens with zero attached hydrogens (tertiary/aromatic N) is 2. The molecule has 0 aromatic heterocycles. The minimum atomic E-state index is -4.33. The maximum absolute atomic E-state index is 13.8. The Morgan fingerprint density at radius 1 is 1.03 bits per heavy atom. The van der Waals surface area contributed by atoms with Crippen LogP contribution in [0.5, 0.6) is 5.75 Å².